The summed E-state index contributed by atoms with van der Waals surface area (Å²) in [7, 11) is -3.72. The van der Waals surface area contributed by atoms with Gasteiger partial charge in [0.2, 0.25) is 0 Å². The van der Waals surface area contributed by atoms with Crippen molar-refractivity contribution < 1.29 is 27.9 Å². The van der Waals surface area contributed by atoms with Crippen LogP contribution in [0.2, 0.25) is 0 Å². The molecular weight excluding hydrogens is 296 g/mol. The smallest absolute Gasteiger partial charge is 0.335 e. The summed E-state index contributed by atoms with van der Waals surface area (Å²) in [5.74, 6) is -3.10. The number of rotatable bonds is 5. The van der Waals surface area contributed by atoms with Crippen molar-refractivity contribution in [2.45, 2.75) is 32.1 Å². The van der Waals surface area contributed by atoms with Crippen LogP contribution in [-0.4, -0.2) is 36.8 Å². The van der Waals surface area contributed by atoms with Gasteiger partial charge >= 0.3 is 11.9 Å². The molecule has 0 fully saturated rings. The maximum absolute atomic E-state index is 11.9. The van der Waals surface area contributed by atoms with E-state index in [1.807, 2.05) is 0 Å². The van der Waals surface area contributed by atoms with Crippen LogP contribution in [0.1, 0.15) is 36.7 Å². The number of hydrogen-bond donors (Lipinski definition) is 1. The lowest BCUT2D eigenvalue weighted by Gasteiger charge is -2.19. The van der Waals surface area contributed by atoms with E-state index < -0.39 is 38.9 Å². The molecule has 1 rings (SSSR count). The average Bonchev–Trinajstić information content (AvgIpc) is 2.24. The zero-order valence-corrected chi connectivity index (χ0v) is 12.9. The van der Waals surface area contributed by atoms with Crippen molar-refractivity contribution >= 4 is 21.8 Å². The molecule has 0 aliphatic rings. The Bertz CT molecular complexity index is 640. The first-order chi connectivity index (χ1) is 9.48. The van der Waals surface area contributed by atoms with Gasteiger partial charge in [0.1, 0.15) is 11.4 Å². The largest absolute Gasteiger partial charge is 0.478 e. The topological polar surface area (TPSA) is 97.7 Å². The molecule has 0 radical (unpaired) electrons. The van der Waals surface area contributed by atoms with E-state index in [0.717, 1.165) is 0 Å². The highest BCUT2D eigenvalue weighted by Crippen LogP contribution is 2.12. The predicted octanol–water partition coefficient (Wildman–Crippen LogP) is 1.64. The number of carbonyl (C=O) groups excluding carboxylic acids is 1. The van der Waals surface area contributed by atoms with Crippen molar-refractivity contribution in [1.29, 1.82) is 0 Å². The molecule has 7 heteroatoms. The average molecular weight is 314 g/mol. The van der Waals surface area contributed by atoms with E-state index in [4.69, 9.17) is 9.84 Å². The molecule has 0 bridgehead atoms. The van der Waals surface area contributed by atoms with Crippen molar-refractivity contribution in [2.75, 3.05) is 5.75 Å². The molecule has 0 aromatic heterocycles. The monoisotopic (exact) mass is 314 g/mol. The maximum atomic E-state index is 11.9. The van der Waals surface area contributed by atoms with Crippen LogP contribution in [-0.2, 0) is 25.1 Å². The maximum Gasteiger partial charge on any atom is 0.335 e. The Hall–Kier alpha value is -1.89. The van der Waals surface area contributed by atoms with Crippen molar-refractivity contribution in [3.8, 4) is 0 Å². The van der Waals surface area contributed by atoms with Gasteiger partial charge in [-0.2, -0.15) is 0 Å². The van der Waals surface area contributed by atoms with Crippen molar-refractivity contribution in [3.05, 3.63) is 35.4 Å². The van der Waals surface area contributed by atoms with Crippen LogP contribution in [0.4, 0.5) is 0 Å². The molecule has 6 nitrogen and oxygen atoms in total. The highest BCUT2D eigenvalue weighted by molar-refractivity contribution is 7.91. The third-order valence-corrected chi connectivity index (χ3v) is 3.77. The van der Waals surface area contributed by atoms with Crippen molar-refractivity contribution in [2.24, 2.45) is 0 Å². The molecule has 0 saturated carbocycles. The molecule has 0 saturated heterocycles. The summed E-state index contributed by atoms with van der Waals surface area (Å²) in [6, 6.07) is 5.60. The molecule has 1 N–H and O–H groups in total. The Morgan fingerprint density at radius 3 is 2.38 bits per heavy atom. The summed E-state index contributed by atoms with van der Waals surface area (Å²) in [4.78, 5) is 22.4. The second-order valence-electron chi connectivity index (χ2n) is 5.62. The first-order valence-electron chi connectivity index (χ1n) is 6.23. The molecule has 0 heterocycles. The van der Waals surface area contributed by atoms with E-state index in [9.17, 15) is 18.0 Å². The first-order valence-corrected chi connectivity index (χ1v) is 8.05. The van der Waals surface area contributed by atoms with Gasteiger partial charge in [-0.15, -0.1) is 0 Å². The number of benzene rings is 1. The van der Waals surface area contributed by atoms with Gasteiger partial charge in [0.05, 0.1) is 11.3 Å². The highest BCUT2D eigenvalue weighted by atomic mass is 32.2. The molecule has 0 spiro atoms. The molecule has 0 unspecified atom stereocenters. The zero-order valence-electron chi connectivity index (χ0n) is 12.1. The summed E-state index contributed by atoms with van der Waals surface area (Å²) in [6.45, 7) is 4.94. The number of ether oxygens (including phenoxy) is 1. The number of esters is 1. The van der Waals surface area contributed by atoms with Gasteiger partial charge in [0.15, 0.2) is 9.84 Å². The Labute approximate surface area is 123 Å². The zero-order chi connectivity index (χ0) is 16.3. The van der Waals surface area contributed by atoms with Crippen LogP contribution in [0, 0.1) is 0 Å². The van der Waals surface area contributed by atoms with Gasteiger partial charge in [0, 0.05) is 0 Å². The van der Waals surface area contributed by atoms with E-state index in [-0.39, 0.29) is 5.56 Å². The molecule has 0 amide bonds. The number of aromatic carboxylic acids is 1. The number of carbonyl (C=O) groups is 2. The second kappa shape index (κ2) is 6.26. The van der Waals surface area contributed by atoms with Crippen LogP contribution < -0.4 is 0 Å². The van der Waals surface area contributed by atoms with Crippen LogP contribution >= 0.6 is 0 Å². The molecule has 21 heavy (non-hydrogen) atoms. The van der Waals surface area contributed by atoms with Crippen LogP contribution in [0.3, 0.4) is 0 Å². The standard InChI is InChI=1S/C14H18O6S/c1-14(2,3)20-12(15)9-21(18,19)8-10-5-4-6-11(7-10)13(16)17/h4-7H,8-9H2,1-3H3,(H,16,17). The second-order valence-corrected chi connectivity index (χ2v) is 7.69. The highest BCUT2D eigenvalue weighted by Gasteiger charge is 2.23. The van der Waals surface area contributed by atoms with Gasteiger partial charge in [-0.3, -0.25) is 4.79 Å². The normalized spacial score (nSPS) is 12.0. The van der Waals surface area contributed by atoms with Gasteiger partial charge in [-0.1, -0.05) is 12.1 Å². The Kier molecular flexibility index (Phi) is 5.11. The number of sulfone groups is 1. The summed E-state index contributed by atoms with van der Waals surface area (Å²) < 4.78 is 28.8. The molecule has 1 aromatic carbocycles. The minimum Gasteiger partial charge on any atom is -0.478 e. The Morgan fingerprint density at radius 1 is 1.24 bits per heavy atom. The molecule has 116 valence electrons. The lowest BCUT2D eigenvalue weighted by molar-refractivity contribution is -0.151. The van der Waals surface area contributed by atoms with Gasteiger partial charge in [-0.05, 0) is 38.5 Å². The quantitative estimate of drug-likeness (QED) is 0.830. The molecular formula is C14H18O6S. The molecule has 0 aliphatic carbocycles. The van der Waals surface area contributed by atoms with E-state index >= 15 is 0 Å². The fraction of sp³-hybridized carbons (Fsp3) is 0.429. The summed E-state index contributed by atoms with van der Waals surface area (Å²) in [5, 5.41) is 8.86. The van der Waals surface area contributed by atoms with Gasteiger partial charge < -0.3 is 9.84 Å². The number of carboxylic acid groups (broad SMARTS) is 1. The summed E-state index contributed by atoms with van der Waals surface area (Å²) in [5.41, 5.74) is -0.436. The van der Waals surface area contributed by atoms with E-state index in [1.165, 1.54) is 24.3 Å². The van der Waals surface area contributed by atoms with E-state index in [1.54, 1.807) is 20.8 Å². The fourth-order valence-electron chi connectivity index (χ4n) is 1.65. The van der Waals surface area contributed by atoms with Crippen LogP contribution in [0.5, 0.6) is 0 Å². The fourth-order valence-corrected chi connectivity index (χ4v) is 2.86. The van der Waals surface area contributed by atoms with Crippen LogP contribution in [0.15, 0.2) is 24.3 Å². The predicted molar refractivity (Wildman–Crippen MR) is 76.7 cm³/mol. The first kappa shape index (κ1) is 17.2. The van der Waals surface area contributed by atoms with Gasteiger partial charge in [-0.25, -0.2) is 13.2 Å². The van der Waals surface area contributed by atoms with Crippen molar-refractivity contribution in [3.63, 3.8) is 0 Å². The number of hydrogen-bond acceptors (Lipinski definition) is 5. The minimum atomic E-state index is -3.72. The summed E-state index contributed by atoms with van der Waals surface area (Å²) in [6.07, 6.45) is 0. The molecule has 0 aliphatic heterocycles. The summed E-state index contributed by atoms with van der Waals surface area (Å²) >= 11 is 0. The lowest BCUT2D eigenvalue weighted by atomic mass is 10.1. The third-order valence-electron chi connectivity index (χ3n) is 2.32. The number of carboxylic acids is 1. The molecule has 1 aromatic rings. The van der Waals surface area contributed by atoms with Gasteiger partial charge in [0.25, 0.3) is 0 Å². The van der Waals surface area contributed by atoms with Crippen molar-refractivity contribution in [1.82, 2.24) is 0 Å². The lowest BCUT2D eigenvalue weighted by Crippen LogP contribution is -2.29. The Balaban J connectivity index is 2.79. The third kappa shape index (κ3) is 6.40. The minimum absolute atomic E-state index is 0.0000296. The molecule has 0 atom stereocenters. The SMILES string of the molecule is CC(C)(C)OC(=O)CS(=O)(=O)Cc1cccc(C(=O)O)c1. The van der Waals surface area contributed by atoms with Crippen LogP contribution in [0.25, 0.3) is 0 Å². The van der Waals surface area contributed by atoms with E-state index in [0.29, 0.717) is 5.56 Å². The van der Waals surface area contributed by atoms with E-state index in [2.05, 4.69) is 0 Å². The Morgan fingerprint density at radius 2 is 1.86 bits per heavy atom.